The Hall–Kier alpha value is -3.32. The van der Waals surface area contributed by atoms with Gasteiger partial charge in [-0.05, 0) is 37.8 Å². The summed E-state index contributed by atoms with van der Waals surface area (Å²) in [7, 11) is 0. The Morgan fingerprint density at radius 1 is 1.22 bits per heavy atom. The maximum absolute atomic E-state index is 12.8. The lowest BCUT2D eigenvalue weighted by Crippen LogP contribution is -2.48. The quantitative estimate of drug-likeness (QED) is 0.272. The number of nitrogens with one attached hydrogen (secondary N) is 2. The molecule has 0 saturated carbocycles. The topological polar surface area (TPSA) is 139 Å². The van der Waals surface area contributed by atoms with E-state index in [1.54, 1.807) is 19.1 Å². The molecule has 1 fully saturated rings. The van der Waals surface area contributed by atoms with Gasteiger partial charge in [0.15, 0.2) is 5.13 Å². The molecule has 2 aromatic heterocycles. The van der Waals surface area contributed by atoms with Gasteiger partial charge in [0.25, 0.3) is 5.91 Å². The lowest BCUT2D eigenvalue weighted by Gasteiger charge is -2.35. The van der Waals surface area contributed by atoms with E-state index >= 15 is 0 Å². The number of rotatable bonds is 11. The number of anilines is 4. The Bertz CT molecular complexity index is 1510. The van der Waals surface area contributed by atoms with E-state index in [-0.39, 0.29) is 24.9 Å². The molecule has 3 heterocycles. The number of para-hydroxylation sites is 1. The fraction of sp³-hybridized carbons (Fsp3) is 0.464. The second-order valence-electron chi connectivity index (χ2n) is 10.0. The lowest BCUT2D eigenvalue weighted by molar-refractivity contribution is -0.146. The standard InChI is InChI=1S/C28H37ClN8O3S/c1-17(2)14-21(30)27(39)40-13-12-36-8-10-37(11-9-36)24-15-23(32-19(4)33-24)34-28-31-16-22(41-28)26(38)35-25-18(3)6-5-7-20(25)29/h5-7,15-17,21H,8-14,30H2,1-4H3,(H,35,38)(H,31,32,33,34)/t21-/m0/s1/i12D2,13D2. The average molecular weight is 605 g/mol. The van der Waals surface area contributed by atoms with Crippen molar-refractivity contribution in [2.45, 2.75) is 40.2 Å². The highest BCUT2D eigenvalue weighted by Gasteiger charge is 2.21. The number of carbonyl (C=O) groups is 2. The summed E-state index contributed by atoms with van der Waals surface area (Å²) in [5.74, 6) is 0.308. The SMILES string of the molecule is [2H]C([2H])(OC(=O)[C@@H](N)CC(C)C)C([2H])([2H])N1CCN(c2cc(Nc3ncc(C(=O)Nc4c(C)cccc4Cl)s3)nc(C)n2)CC1. The van der Waals surface area contributed by atoms with Crippen LogP contribution in [0.2, 0.25) is 5.02 Å². The molecule has 4 rings (SSSR count). The molecule has 220 valence electrons. The Balaban J connectivity index is 1.38. The number of hydrogen-bond donors (Lipinski definition) is 3. The highest BCUT2D eigenvalue weighted by atomic mass is 35.5. The zero-order chi connectivity index (χ0) is 33.1. The molecule has 0 radical (unpaired) electrons. The second kappa shape index (κ2) is 14.0. The van der Waals surface area contributed by atoms with E-state index in [0.29, 0.717) is 57.7 Å². The molecule has 3 aromatic rings. The Labute approximate surface area is 255 Å². The van der Waals surface area contributed by atoms with E-state index in [0.717, 1.165) is 16.9 Å². The molecule has 0 bridgehead atoms. The Morgan fingerprint density at radius 3 is 2.68 bits per heavy atom. The monoisotopic (exact) mass is 604 g/mol. The molecule has 1 aliphatic heterocycles. The first kappa shape index (κ1) is 25.4. The summed E-state index contributed by atoms with van der Waals surface area (Å²) in [6.07, 6.45) is 1.76. The number of esters is 1. The average Bonchev–Trinajstić information content (AvgIpc) is 3.42. The molecule has 1 saturated heterocycles. The van der Waals surface area contributed by atoms with Crippen LogP contribution < -0.4 is 21.3 Å². The number of amides is 1. The van der Waals surface area contributed by atoms with Gasteiger partial charge in [0.05, 0.1) is 19.6 Å². The third-order valence-electron chi connectivity index (χ3n) is 6.24. The van der Waals surface area contributed by atoms with Crippen LogP contribution in [-0.4, -0.2) is 77.0 Å². The molecule has 0 aliphatic carbocycles. The smallest absolute Gasteiger partial charge is 0.322 e. The van der Waals surface area contributed by atoms with Crippen molar-refractivity contribution in [2.75, 3.05) is 54.8 Å². The predicted molar refractivity (Wildman–Crippen MR) is 163 cm³/mol. The molecular weight excluding hydrogens is 564 g/mol. The van der Waals surface area contributed by atoms with Gasteiger partial charge >= 0.3 is 5.97 Å². The highest BCUT2D eigenvalue weighted by Crippen LogP contribution is 2.28. The maximum atomic E-state index is 12.8. The van der Waals surface area contributed by atoms with E-state index < -0.39 is 25.1 Å². The molecule has 4 N–H and O–H groups in total. The number of piperazine rings is 1. The van der Waals surface area contributed by atoms with E-state index in [1.807, 2.05) is 37.8 Å². The summed E-state index contributed by atoms with van der Waals surface area (Å²) in [5, 5.41) is 6.84. The summed E-state index contributed by atoms with van der Waals surface area (Å²) in [5.41, 5.74) is 7.21. The van der Waals surface area contributed by atoms with Crippen LogP contribution in [0, 0.1) is 19.8 Å². The van der Waals surface area contributed by atoms with E-state index in [9.17, 15) is 9.59 Å². The van der Waals surface area contributed by atoms with Crippen molar-refractivity contribution in [3.8, 4) is 0 Å². The minimum atomic E-state index is -2.92. The number of aryl methyl sites for hydroxylation is 2. The summed E-state index contributed by atoms with van der Waals surface area (Å²) in [4.78, 5) is 42.1. The first-order valence-electron chi connectivity index (χ1n) is 15.2. The first-order chi connectivity index (χ1) is 21.1. The van der Waals surface area contributed by atoms with Crippen molar-refractivity contribution < 1.29 is 19.8 Å². The van der Waals surface area contributed by atoms with Crippen LogP contribution in [0.5, 0.6) is 0 Å². The van der Waals surface area contributed by atoms with Crippen LogP contribution in [0.1, 0.15) is 46.8 Å². The molecule has 0 unspecified atom stereocenters. The third kappa shape index (κ3) is 8.59. The summed E-state index contributed by atoms with van der Waals surface area (Å²) >= 11 is 7.39. The second-order valence-corrected chi connectivity index (χ2v) is 11.5. The number of aromatic nitrogens is 3. The maximum Gasteiger partial charge on any atom is 0.322 e. The van der Waals surface area contributed by atoms with Gasteiger partial charge in [0, 0.05) is 41.5 Å². The van der Waals surface area contributed by atoms with Gasteiger partial charge in [-0.1, -0.05) is 48.9 Å². The number of nitrogens with zero attached hydrogens (tertiary/aromatic N) is 5. The molecule has 1 aromatic carbocycles. The normalized spacial score (nSPS) is 16.8. The molecule has 13 heteroatoms. The van der Waals surface area contributed by atoms with Gasteiger partial charge in [0.1, 0.15) is 34.9 Å². The minimum absolute atomic E-state index is 0.0966. The summed E-state index contributed by atoms with van der Waals surface area (Å²) in [6.45, 7) is 2.77. The van der Waals surface area contributed by atoms with Crippen LogP contribution in [0.4, 0.5) is 22.5 Å². The number of ether oxygens (including phenoxy) is 1. The van der Waals surface area contributed by atoms with Crippen LogP contribution in [0.3, 0.4) is 0 Å². The molecule has 11 nitrogen and oxygen atoms in total. The molecule has 1 aliphatic rings. The zero-order valence-electron chi connectivity index (χ0n) is 27.4. The lowest BCUT2D eigenvalue weighted by atomic mass is 10.1. The van der Waals surface area contributed by atoms with Crippen molar-refractivity contribution >= 4 is 57.3 Å². The molecule has 0 spiro atoms. The molecule has 1 atom stereocenters. The molecule has 41 heavy (non-hydrogen) atoms. The summed E-state index contributed by atoms with van der Waals surface area (Å²) in [6, 6.07) is 6.05. The van der Waals surface area contributed by atoms with Gasteiger partial charge in [-0.15, -0.1) is 0 Å². The van der Waals surface area contributed by atoms with Crippen LogP contribution >= 0.6 is 22.9 Å². The van der Waals surface area contributed by atoms with E-state index in [4.69, 9.17) is 27.6 Å². The highest BCUT2D eigenvalue weighted by molar-refractivity contribution is 7.17. The first-order valence-corrected chi connectivity index (χ1v) is 14.4. The van der Waals surface area contributed by atoms with Crippen LogP contribution in [-0.2, 0) is 9.53 Å². The number of hydrogen-bond acceptors (Lipinski definition) is 11. The van der Waals surface area contributed by atoms with Crippen LogP contribution in [0.15, 0.2) is 30.5 Å². The number of thiazole rings is 1. The summed E-state index contributed by atoms with van der Waals surface area (Å²) < 4.78 is 38.4. The zero-order valence-corrected chi connectivity index (χ0v) is 25.0. The number of carbonyl (C=O) groups excluding carboxylic acids is 2. The van der Waals surface area contributed by atoms with Gasteiger partial charge in [0.2, 0.25) is 0 Å². The van der Waals surface area contributed by atoms with Crippen molar-refractivity contribution in [1.29, 1.82) is 0 Å². The van der Waals surface area contributed by atoms with Crippen molar-refractivity contribution in [3.05, 3.63) is 51.7 Å². The van der Waals surface area contributed by atoms with Crippen molar-refractivity contribution in [3.63, 3.8) is 0 Å². The Morgan fingerprint density at radius 2 is 1.98 bits per heavy atom. The van der Waals surface area contributed by atoms with Gasteiger partial charge in [-0.25, -0.2) is 15.0 Å². The third-order valence-corrected chi connectivity index (χ3v) is 7.46. The fourth-order valence-electron chi connectivity index (χ4n) is 4.15. The number of halogens is 1. The Kier molecular flexibility index (Phi) is 8.69. The van der Waals surface area contributed by atoms with Crippen molar-refractivity contribution in [2.24, 2.45) is 11.7 Å². The van der Waals surface area contributed by atoms with Gasteiger partial charge in [-0.2, -0.15) is 0 Å². The molecular formula is C28H37ClN8O3S. The van der Waals surface area contributed by atoms with E-state index in [1.165, 1.54) is 11.1 Å². The van der Waals surface area contributed by atoms with Crippen molar-refractivity contribution in [1.82, 2.24) is 19.9 Å². The predicted octanol–water partition coefficient (Wildman–Crippen LogP) is 4.24. The van der Waals surface area contributed by atoms with Gasteiger partial charge in [-0.3, -0.25) is 14.5 Å². The number of benzene rings is 1. The van der Waals surface area contributed by atoms with Crippen LogP contribution in [0.25, 0.3) is 0 Å². The molecule has 1 amide bonds. The van der Waals surface area contributed by atoms with Gasteiger partial charge < -0.3 is 26.0 Å². The number of nitrogens with two attached hydrogens (primary N) is 1. The minimum Gasteiger partial charge on any atom is -0.463 e. The largest absolute Gasteiger partial charge is 0.463 e. The fourth-order valence-corrected chi connectivity index (χ4v) is 5.14. The van der Waals surface area contributed by atoms with E-state index in [2.05, 4.69) is 25.6 Å².